The third kappa shape index (κ3) is 3.35. The van der Waals surface area contributed by atoms with E-state index in [1.165, 1.54) is 23.3 Å². The lowest BCUT2D eigenvalue weighted by Gasteiger charge is -2.17. The highest BCUT2D eigenvalue weighted by Gasteiger charge is 2.22. The first kappa shape index (κ1) is 17.4. The molecule has 0 spiro atoms. The van der Waals surface area contributed by atoms with E-state index >= 15 is 0 Å². The van der Waals surface area contributed by atoms with E-state index in [9.17, 15) is 4.79 Å². The lowest BCUT2D eigenvalue weighted by molar-refractivity contribution is 0.147. The highest BCUT2D eigenvalue weighted by atomic mass is 32.1. The van der Waals surface area contributed by atoms with Crippen LogP contribution in [0.15, 0.2) is 4.79 Å². The van der Waals surface area contributed by atoms with Crippen molar-refractivity contribution in [3.63, 3.8) is 0 Å². The van der Waals surface area contributed by atoms with Gasteiger partial charge in [-0.1, -0.05) is 0 Å². The van der Waals surface area contributed by atoms with Gasteiger partial charge in [-0.25, -0.2) is 4.98 Å². The molecular weight excluding hydrogens is 322 g/mol. The second kappa shape index (κ2) is 7.66. The molecule has 0 aromatic carbocycles. The third-order valence-electron chi connectivity index (χ3n) is 4.49. The lowest BCUT2D eigenvalue weighted by atomic mass is 9.97. The number of rotatable bonds is 7. The van der Waals surface area contributed by atoms with E-state index < -0.39 is 0 Å². The summed E-state index contributed by atoms with van der Waals surface area (Å²) in [5.41, 5.74) is 1.37. The molecule has 0 saturated heterocycles. The van der Waals surface area contributed by atoms with Crippen molar-refractivity contribution >= 4 is 27.5 Å². The molecule has 0 radical (unpaired) electrons. The molecule has 0 saturated carbocycles. The normalized spacial score (nSPS) is 14.3. The van der Waals surface area contributed by atoms with Crippen molar-refractivity contribution in [2.75, 3.05) is 25.1 Å². The molecule has 132 valence electrons. The summed E-state index contributed by atoms with van der Waals surface area (Å²) in [6.45, 7) is 8.30. The molecule has 0 atom stereocenters. The average Bonchev–Trinajstić information content (AvgIpc) is 2.92. The van der Waals surface area contributed by atoms with E-state index in [1.807, 2.05) is 25.3 Å². The van der Waals surface area contributed by atoms with Crippen LogP contribution in [0.5, 0.6) is 0 Å². The van der Waals surface area contributed by atoms with Crippen molar-refractivity contribution in [1.82, 2.24) is 9.55 Å². The summed E-state index contributed by atoms with van der Waals surface area (Å²) in [5, 5.41) is 4.21. The third-order valence-corrected chi connectivity index (χ3v) is 5.68. The van der Waals surface area contributed by atoms with E-state index in [0.717, 1.165) is 49.2 Å². The van der Waals surface area contributed by atoms with Crippen LogP contribution in [0.4, 0.5) is 5.95 Å². The summed E-state index contributed by atoms with van der Waals surface area (Å²) in [6, 6.07) is 0.0860. The molecular formula is C18H27N3O2S. The summed E-state index contributed by atoms with van der Waals surface area (Å²) in [6.07, 6.45) is 5.42. The van der Waals surface area contributed by atoms with Crippen LogP contribution in [0.3, 0.4) is 0 Å². The van der Waals surface area contributed by atoms with Crippen LogP contribution in [0, 0.1) is 0 Å². The largest absolute Gasteiger partial charge is 0.382 e. The smallest absolute Gasteiger partial charge is 0.264 e. The first-order valence-electron chi connectivity index (χ1n) is 9.01. The van der Waals surface area contributed by atoms with Crippen molar-refractivity contribution in [1.29, 1.82) is 0 Å². The number of aryl methyl sites for hydroxylation is 2. The van der Waals surface area contributed by atoms with Gasteiger partial charge in [0.25, 0.3) is 5.56 Å². The van der Waals surface area contributed by atoms with Crippen LogP contribution >= 0.6 is 11.3 Å². The highest BCUT2D eigenvalue weighted by Crippen LogP contribution is 2.34. The van der Waals surface area contributed by atoms with Crippen LogP contribution in [0.25, 0.3) is 10.2 Å². The molecule has 0 amide bonds. The van der Waals surface area contributed by atoms with E-state index in [0.29, 0.717) is 5.95 Å². The van der Waals surface area contributed by atoms with Crippen molar-refractivity contribution < 1.29 is 4.74 Å². The van der Waals surface area contributed by atoms with E-state index in [4.69, 9.17) is 9.72 Å². The zero-order chi connectivity index (χ0) is 17.1. The quantitative estimate of drug-likeness (QED) is 0.773. The molecule has 24 heavy (non-hydrogen) atoms. The fourth-order valence-electron chi connectivity index (χ4n) is 3.34. The Bertz CT molecular complexity index is 764. The fraction of sp³-hybridized carbons (Fsp3) is 0.667. The number of nitrogens with one attached hydrogen (secondary N) is 1. The predicted molar refractivity (Wildman–Crippen MR) is 101 cm³/mol. The van der Waals surface area contributed by atoms with Gasteiger partial charge in [0.05, 0.1) is 5.39 Å². The van der Waals surface area contributed by atoms with Gasteiger partial charge in [-0.3, -0.25) is 9.36 Å². The molecule has 2 heterocycles. The predicted octanol–water partition coefficient (Wildman–Crippen LogP) is 3.76. The van der Waals surface area contributed by atoms with Crippen LogP contribution in [-0.4, -0.2) is 29.3 Å². The van der Waals surface area contributed by atoms with Gasteiger partial charge in [0.2, 0.25) is 5.95 Å². The monoisotopic (exact) mass is 349 g/mol. The molecule has 2 aromatic rings. The number of fused-ring (bicyclic) bond motifs is 3. The molecule has 1 N–H and O–H groups in total. The molecule has 2 aromatic heterocycles. The summed E-state index contributed by atoms with van der Waals surface area (Å²) in [4.78, 5) is 20.2. The molecule has 3 rings (SSSR count). The van der Waals surface area contributed by atoms with Crippen molar-refractivity contribution in [3.8, 4) is 0 Å². The Kier molecular flexibility index (Phi) is 5.56. The summed E-state index contributed by atoms with van der Waals surface area (Å²) in [5.74, 6) is 0.692. The van der Waals surface area contributed by atoms with Gasteiger partial charge >= 0.3 is 0 Å². The number of thiophene rings is 1. The van der Waals surface area contributed by atoms with E-state index in [1.54, 1.807) is 11.3 Å². The second-order valence-corrected chi connectivity index (χ2v) is 7.66. The lowest BCUT2D eigenvalue weighted by Crippen LogP contribution is -2.27. The first-order chi connectivity index (χ1) is 11.6. The van der Waals surface area contributed by atoms with Gasteiger partial charge < -0.3 is 10.1 Å². The van der Waals surface area contributed by atoms with Gasteiger partial charge in [-0.15, -0.1) is 11.3 Å². The van der Waals surface area contributed by atoms with Crippen LogP contribution < -0.4 is 10.9 Å². The molecule has 0 aliphatic heterocycles. The van der Waals surface area contributed by atoms with Crippen molar-refractivity contribution in [3.05, 3.63) is 20.8 Å². The number of nitrogens with zero attached hydrogens (tertiary/aromatic N) is 2. The van der Waals surface area contributed by atoms with Crippen molar-refractivity contribution in [2.24, 2.45) is 0 Å². The van der Waals surface area contributed by atoms with Gasteiger partial charge in [-0.2, -0.15) is 0 Å². The maximum atomic E-state index is 13.1. The van der Waals surface area contributed by atoms with Crippen molar-refractivity contribution in [2.45, 2.75) is 58.9 Å². The summed E-state index contributed by atoms with van der Waals surface area (Å²) < 4.78 is 7.18. The van der Waals surface area contributed by atoms with Gasteiger partial charge in [-0.05, 0) is 58.4 Å². The number of hydrogen-bond acceptors (Lipinski definition) is 5. The maximum Gasteiger partial charge on any atom is 0.264 e. The Morgan fingerprint density at radius 2 is 2.12 bits per heavy atom. The highest BCUT2D eigenvalue weighted by molar-refractivity contribution is 7.18. The Morgan fingerprint density at radius 3 is 2.88 bits per heavy atom. The van der Waals surface area contributed by atoms with E-state index in [2.05, 4.69) is 5.32 Å². The first-order valence-corrected chi connectivity index (χ1v) is 9.83. The number of ether oxygens (including phenoxy) is 1. The maximum absolute atomic E-state index is 13.1. The van der Waals surface area contributed by atoms with E-state index in [-0.39, 0.29) is 11.6 Å². The second-order valence-electron chi connectivity index (χ2n) is 6.57. The van der Waals surface area contributed by atoms with Crippen LogP contribution in [-0.2, 0) is 17.6 Å². The van der Waals surface area contributed by atoms with Gasteiger partial charge in [0.15, 0.2) is 0 Å². The zero-order valence-corrected chi connectivity index (χ0v) is 15.7. The molecule has 0 fully saturated rings. The Hall–Kier alpha value is -1.40. The molecule has 0 bridgehead atoms. The van der Waals surface area contributed by atoms with Gasteiger partial charge in [0.1, 0.15) is 4.83 Å². The fourth-order valence-corrected chi connectivity index (χ4v) is 4.59. The Labute approximate surface area is 147 Å². The minimum absolute atomic E-state index is 0.0860. The summed E-state index contributed by atoms with van der Waals surface area (Å²) >= 11 is 1.71. The SMILES string of the molecule is CCOCCCNc1nc2sc3c(c2c(=O)n1C(C)C)CCCC3. The molecule has 0 unspecified atom stereocenters. The van der Waals surface area contributed by atoms with Crippen LogP contribution in [0.2, 0.25) is 0 Å². The molecule has 6 heteroatoms. The minimum atomic E-state index is 0.0860. The van der Waals surface area contributed by atoms with Crippen LogP contribution in [0.1, 0.15) is 56.5 Å². The number of anilines is 1. The molecule has 1 aliphatic rings. The average molecular weight is 350 g/mol. The Morgan fingerprint density at radius 1 is 1.33 bits per heavy atom. The number of aromatic nitrogens is 2. The van der Waals surface area contributed by atoms with Gasteiger partial charge in [0, 0.05) is 30.7 Å². The number of hydrogen-bond donors (Lipinski definition) is 1. The standard InChI is InChI=1S/C18H27N3O2S/c1-4-23-11-7-10-19-18-20-16-15(17(22)21(18)12(2)3)13-8-5-6-9-14(13)24-16/h12H,4-11H2,1-3H3,(H,19,20). The minimum Gasteiger partial charge on any atom is -0.382 e. The molecule has 1 aliphatic carbocycles. The molecule has 5 nitrogen and oxygen atoms in total. The topological polar surface area (TPSA) is 56.1 Å². The zero-order valence-electron chi connectivity index (χ0n) is 14.9. The Balaban J connectivity index is 1.96. The summed E-state index contributed by atoms with van der Waals surface area (Å²) in [7, 11) is 0.